The van der Waals surface area contributed by atoms with Crippen molar-refractivity contribution in [2.75, 3.05) is 17.4 Å². The van der Waals surface area contributed by atoms with Gasteiger partial charge in [-0.15, -0.1) is 0 Å². The van der Waals surface area contributed by atoms with Gasteiger partial charge in [-0.25, -0.2) is 8.42 Å². The Morgan fingerprint density at radius 1 is 0.963 bits per heavy atom. The molecular formula is C21H28N2O3S. The highest BCUT2D eigenvalue weighted by atomic mass is 32.2. The molecule has 0 aliphatic rings. The number of amides is 1. The van der Waals surface area contributed by atoms with Crippen molar-refractivity contribution in [1.82, 2.24) is 5.32 Å². The molecule has 0 aliphatic carbocycles. The molecule has 27 heavy (non-hydrogen) atoms. The van der Waals surface area contributed by atoms with E-state index in [0.29, 0.717) is 12.2 Å². The van der Waals surface area contributed by atoms with Gasteiger partial charge in [0.2, 0.25) is 5.91 Å². The Balaban J connectivity index is 2.45. The smallest absolute Gasteiger partial charge is 0.264 e. The lowest BCUT2D eigenvalue weighted by atomic mass is 10.1. The predicted molar refractivity (Wildman–Crippen MR) is 109 cm³/mol. The Morgan fingerprint density at radius 3 is 2.04 bits per heavy atom. The number of sulfonamides is 1. The van der Waals surface area contributed by atoms with Crippen molar-refractivity contribution in [1.29, 1.82) is 0 Å². The van der Waals surface area contributed by atoms with Crippen molar-refractivity contribution in [2.24, 2.45) is 5.92 Å². The molecule has 1 N–H and O–H groups in total. The minimum Gasteiger partial charge on any atom is -0.354 e. The van der Waals surface area contributed by atoms with Gasteiger partial charge < -0.3 is 5.32 Å². The molecule has 0 heterocycles. The second kappa shape index (κ2) is 8.57. The third-order valence-electron chi connectivity index (χ3n) is 4.10. The lowest BCUT2D eigenvalue weighted by molar-refractivity contribution is -0.119. The highest BCUT2D eigenvalue weighted by Crippen LogP contribution is 2.26. The summed E-state index contributed by atoms with van der Waals surface area (Å²) < 4.78 is 27.8. The van der Waals surface area contributed by atoms with Crippen LogP contribution < -0.4 is 9.62 Å². The molecule has 0 aromatic heterocycles. The summed E-state index contributed by atoms with van der Waals surface area (Å²) in [4.78, 5) is 12.6. The van der Waals surface area contributed by atoms with Crippen molar-refractivity contribution in [3.63, 3.8) is 0 Å². The molecule has 0 unspecified atom stereocenters. The summed E-state index contributed by atoms with van der Waals surface area (Å²) in [5.41, 5.74) is 3.35. The molecule has 0 atom stereocenters. The van der Waals surface area contributed by atoms with Crippen LogP contribution in [0.5, 0.6) is 0 Å². The van der Waals surface area contributed by atoms with E-state index in [1.165, 1.54) is 4.31 Å². The van der Waals surface area contributed by atoms with Gasteiger partial charge in [0.1, 0.15) is 6.54 Å². The Labute approximate surface area is 162 Å². The van der Waals surface area contributed by atoms with Gasteiger partial charge in [-0.05, 0) is 62.1 Å². The molecule has 146 valence electrons. The molecule has 0 fully saturated rings. The predicted octanol–water partition coefficient (Wildman–Crippen LogP) is 3.58. The first-order chi connectivity index (χ1) is 12.6. The minimum atomic E-state index is -3.87. The van der Waals surface area contributed by atoms with Crippen molar-refractivity contribution >= 4 is 21.6 Å². The van der Waals surface area contributed by atoms with E-state index in [4.69, 9.17) is 0 Å². The summed E-state index contributed by atoms with van der Waals surface area (Å²) in [5, 5.41) is 2.80. The summed E-state index contributed by atoms with van der Waals surface area (Å²) in [6.07, 6.45) is 0. The monoisotopic (exact) mass is 388 g/mol. The summed E-state index contributed by atoms with van der Waals surface area (Å²) in [6, 6.07) is 12.2. The normalized spacial score (nSPS) is 11.5. The topological polar surface area (TPSA) is 66.5 Å². The second-order valence-corrected chi connectivity index (χ2v) is 9.23. The van der Waals surface area contributed by atoms with Crippen molar-refractivity contribution in [3.05, 3.63) is 59.2 Å². The van der Waals surface area contributed by atoms with Crippen LogP contribution in [0.4, 0.5) is 5.69 Å². The first-order valence-electron chi connectivity index (χ1n) is 9.04. The van der Waals surface area contributed by atoms with E-state index in [9.17, 15) is 13.2 Å². The average molecular weight is 389 g/mol. The Bertz CT molecular complexity index is 883. The first kappa shape index (κ1) is 21.0. The number of hydrogen-bond acceptors (Lipinski definition) is 3. The van der Waals surface area contributed by atoms with E-state index in [1.54, 1.807) is 36.4 Å². The van der Waals surface area contributed by atoms with Gasteiger partial charge in [-0.1, -0.05) is 37.6 Å². The molecular weight excluding hydrogens is 360 g/mol. The summed E-state index contributed by atoms with van der Waals surface area (Å²) in [7, 11) is -3.87. The Hall–Kier alpha value is -2.34. The van der Waals surface area contributed by atoms with Crippen LogP contribution in [0.15, 0.2) is 47.4 Å². The van der Waals surface area contributed by atoms with Crippen LogP contribution in [-0.2, 0) is 14.8 Å². The van der Waals surface area contributed by atoms with Crippen molar-refractivity contribution < 1.29 is 13.2 Å². The zero-order chi connectivity index (χ0) is 20.2. The van der Waals surface area contributed by atoms with Gasteiger partial charge in [0.15, 0.2) is 0 Å². The van der Waals surface area contributed by atoms with Gasteiger partial charge in [-0.3, -0.25) is 9.10 Å². The molecule has 0 aliphatic heterocycles. The average Bonchev–Trinajstić information content (AvgIpc) is 2.57. The van der Waals surface area contributed by atoms with Gasteiger partial charge in [0.05, 0.1) is 10.6 Å². The fourth-order valence-corrected chi connectivity index (χ4v) is 4.16. The first-order valence-corrected chi connectivity index (χ1v) is 10.5. The van der Waals surface area contributed by atoms with E-state index >= 15 is 0 Å². The molecule has 0 saturated carbocycles. The standard InChI is InChI=1S/C21H28N2O3S/c1-15(2)13-22-21(24)14-23(19-11-17(4)10-18(5)12-19)27(25,26)20-8-6-16(3)7-9-20/h6-12,15H,13-14H2,1-5H3,(H,22,24). The van der Waals surface area contributed by atoms with Crippen LogP contribution in [0.1, 0.15) is 30.5 Å². The van der Waals surface area contributed by atoms with Crippen molar-refractivity contribution in [2.45, 2.75) is 39.5 Å². The molecule has 2 aromatic rings. The van der Waals surface area contributed by atoms with Gasteiger partial charge in [0.25, 0.3) is 10.0 Å². The molecule has 0 saturated heterocycles. The van der Waals surface area contributed by atoms with Crippen LogP contribution >= 0.6 is 0 Å². The number of nitrogens with one attached hydrogen (secondary N) is 1. The number of benzene rings is 2. The number of carbonyl (C=O) groups is 1. The summed E-state index contributed by atoms with van der Waals surface area (Å²) in [6.45, 7) is 9.95. The Kier molecular flexibility index (Phi) is 6.65. The number of anilines is 1. The zero-order valence-electron chi connectivity index (χ0n) is 16.6. The number of aryl methyl sites for hydroxylation is 3. The Morgan fingerprint density at radius 2 is 1.52 bits per heavy atom. The van der Waals surface area contributed by atoms with E-state index in [1.807, 2.05) is 40.7 Å². The number of carbonyl (C=O) groups excluding carboxylic acids is 1. The molecule has 2 aromatic carbocycles. The maximum atomic E-state index is 13.3. The molecule has 0 bridgehead atoms. The quantitative estimate of drug-likeness (QED) is 0.788. The number of hydrogen-bond donors (Lipinski definition) is 1. The highest BCUT2D eigenvalue weighted by Gasteiger charge is 2.27. The van der Waals surface area contributed by atoms with E-state index in [2.05, 4.69) is 5.32 Å². The maximum Gasteiger partial charge on any atom is 0.264 e. The van der Waals surface area contributed by atoms with Gasteiger partial charge in [-0.2, -0.15) is 0 Å². The molecule has 0 spiro atoms. The zero-order valence-corrected chi connectivity index (χ0v) is 17.4. The second-order valence-electron chi connectivity index (χ2n) is 7.37. The molecule has 5 nitrogen and oxygen atoms in total. The largest absolute Gasteiger partial charge is 0.354 e. The summed E-state index contributed by atoms with van der Waals surface area (Å²) >= 11 is 0. The minimum absolute atomic E-state index is 0.170. The summed E-state index contributed by atoms with van der Waals surface area (Å²) in [5.74, 6) is -0.0316. The highest BCUT2D eigenvalue weighted by molar-refractivity contribution is 7.92. The van der Waals surface area contributed by atoms with Crippen LogP contribution in [0.3, 0.4) is 0 Å². The van der Waals surface area contributed by atoms with Crippen molar-refractivity contribution in [3.8, 4) is 0 Å². The third-order valence-corrected chi connectivity index (χ3v) is 5.89. The molecule has 2 rings (SSSR count). The lowest BCUT2D eigenvalue weighted by Crippen LogP contribution is -2.41. The fourth-order valence-electron chi connectivity index (χ4n) is 2.75. The van der Waals surface area contributed by atoms with E-state index in [0.717, 1.165) is 16.7 Å². The number of nitrogens with zero attached hydrogens (tertiary/aromatic N) is 1. The van der Waals surface area contributed by atoms with E-state index < -0.39 is 10.0 Å². The maximum absolute atomic E-state index is 13.3. The molecule has 0 radical (unpaired) electrons. The number of rotatable bonds is 7. The van der Waals surface area contributed by atoms with Crippen LogP contribution in [0.25, 0.3) is 0 Å². The van der Waals surface area contributed by atoms with Crippen LogP contribution in [-0.4, -0.2) is 27.4 Å². The third kappa shape index (κ3) is 5.57. The van der Waals surface area contributed by atoms with E-state index in [-0.39, 0.29) is 23.3 Å². The van der Waals surface area contributed by atoms with Crippen LogP contribution in [0.2, 0.25) is 0 Å². The fraction of sp³-hybridized carbons (Fsp3) is 0.381. The lowest BCUT2D eigenvalue weighted by Gasteiger charge is -2.25. The van der Waals surface area contributed by atoms with Gasteiger partial charge >= 0.3 is 0 Å². The molecule has 1 amide bonds. The molecule has 6 heteroatoms. The SMILES string of the molecule is Cc1ccc(S(=O)(=O)N(CC(=O)NCC(C)C)c2cc(C)cc(C)c2)cc1. The van der Waals surface area contributed by atoms with Gasteiger partial charge in [0, 0.05) is 6.54 Å². The van der Waals surface area contributed by atoms with Crippen LogP contribution in [0, 0.1) is 26.7 Å².